The van der Waals surface area contributed by atoms with Gasteiger partial charge in [0, 0.05) is 6.04 Å². The minimum absolute atomic E-state index is 0.492. The number of nitrogens with one attached hydrogen (secondary N) is 1. The molecule has 1 unspecified atom stereocenters. The van der Waals surface area contributed by atoms with Crippen LogP contribution in [0.3, 0.4) is 0 Å². The fourth-order valence-electron chi connectivity index (χ4n) is 2.59. The molecule has 1 rings (SSSR count). The maximum Gasteiger partial charge on any atom is 0.0216 e. The van der Waals surface area contributed by atoms with Gasteiger partial charge in [-0.25, -0.2) is 0 Å². The van der Waals surface area contributed by atoms with Crippen molar-refractivity contribution in [3.05, 3.63) is 12.7 Å². The van der Waals surface area contributed by atoms with Crippen molar-refractivity contribution in [3.63, 3.8) is 0 Å². The monoisotopic (exact) mass is 210 g/mol. The number of rotatable bonds is 6. The van der Waals surface area contributed by atoms with E-state index in [1.54, 1.807) is 0 Å². The van der Waals surface area contributed by atoms with Gasteiger partial charge in [0.15, 0.2) is 0 Å². The highest BCUT2D eigenvalue weighted by Gasteiger charge is 2.16. The van der Waals surface area contributed by atoms with Crippen LogP contribution in [0.25, 0.3) is 0 Å². The minimum Gasteiger partial charge on any atom is -0.271 e. The number of nitrogens with two attached hydrogens (primary N) is 1. The van der Waals surface area contributed by atoms with E-state index in [1.807, 2.05) is 6.08 Å². The Kier molecular flexibility index (Phi) is 6.69. The average molecular weight is 210 g/mol. The van der Waals surface area contributed by atoms with E-state index >= 15 is 0 Å². The highest BCUT2D eigenvalue weighted by Crippen LogP contribution is 2.27. The minimum atomic E-state index is 0.492. The summed E-state index contributed by atoms with van der Waals surface area (Å²) in [6.07, 6.45) is 14.0. The van der Waals surface area contributed by atoms with Gasteiger partial charge in [0.25, 0.3) is 0 Å². The van der Waals surface area contributed by atoms with Crippen LogP contribution in [0, 0.1) is 5.92 Å². The second-order valence-electron chi connectivity index (χ2n) is 4.82. The van der Waals surface area contributed by atoms with Gasteiger partial charge in [-0.05, 0) is 25.2 Å². The Morgan fingerprint density at radius 2 is 1.93 bits per heavy atom. The predicted octanol–water partition coefficient (Wildman–Crippen LogP) is 3.15. The lowest BCUT2D eigenvalue weighted by atomic mass is 9.91. The van der Waals surface area contributed by atoms with Crippen LogP contribution < -0.4 is 11.3 Å². The van der Waals surface area contributed by atoms with Crippen molar-refractivity contribution in [3.8, 4) is 0 Å². The summed E-state index contributed by atoms with van der Waals surface area (Å²) in [6.45, 7) is 3.76. The molecule has 1 fully saturated rings. The van der Waals surface area contributed by atoms with Gasteiger partial charge in [-0.15, -0.1) is 6.58 Å². The maximum atomic E-state index is 5.59. The van der Waals surface area contributed by atoms with Crippen molar-refractivity contribution >= 4 is 0 Å². The molecule has 1 aliphatic rings. The first-order valence-corrected chi connectivity index (χ1v) is 6.44. The molecule has 1 saturated carbocycles. The Labute approximate surface area is 94.3 Å². The molecule has 0 aromatic carbocycles. The summed E-state index contributed by atoms with van der Waals surface area (Å²) in [5.41, 5.74) is 2.96. The van der Waals surface area contributed by atoms with Crippen LogP contribution in [-0.4, -0.2) is 6.04 Å². The molecule has 0 aromatic rings. The van der Waals surface area contributed by atoms with E-state index in [9.17, 15) is 0 Å². The lowest BCUT2D eigenvalue weighted by Gasteiger charge is -2.21. The Morgan fingerprint density at radius 1 is 1.27 bits per heavy atom. The molecule has 88 valence electrons. The van der Waals surface area contributed by atoms with Crippen molar-refractivity contribution in [2.45, 2.75) is 63.8 Å². The molecule has 2 nitrogen and oxygen atoms in total. The molecule has 0 aliphatic heterocycles. The van der Waals surface area contributed by atoms with Gasteiger partial charge in [0.2, 0.25) is 0 Å². The molecule has 0 aromatic heterocycles. The second kappa shape index (κ2) is 7.89. The van der Waals surface area contributed by atoms with Gasteiger partial charge in [-0.3, -0.25) is 11.3 Å². The smallest absolute Gasteiger partial charge is 0.0216 e. The van der Waals surface area contributed by atoms with E-state index in [1.165, 1.54) is 44.9 Å². The number of hydrazine groups is 1. The van der Waals surface area contributed by atoms with Crippen molar-refractivity contribution in [2.24, 2.45) is 11.8 Å². The summed E-state index contributed by atoms with van der Waals surface area (Å²) in [4.78, 5) is 0. The van der Waals surface area contributed by atoms with E-state index in [-0.39, 0.29) is 0 Å². The molecule has 0 spiro atoms. The topological polar surface area (TPSA) is 38.0 Å². The molecular weight excluding hydrogens is 184 g/mol. The summed E-state index contributed by atoms with van der Waals surface area (Å²) >= 11 is 0. The quantitative estimate of drug-likeness (QED) is 0.306. The highest BCUT2D eigenvalue weighted by atomic mass is 15.2. The SMILES string of the molecule is C=CCCC(CC1CCCCCC1)NN. The first kappa shape index (κ1) is 12.7. The van der Waals surface area contributed by atoms with Gasteiger partial charge in [0.1, 0.15) is 0 Å². The fourth-order valence-corrected chi connectivity index (χ4v) is 2.59. The first-order chi connectivity index (χ1) is 7.36. The van der Waals surface area contributed by atoms with Crippen LogP contribution in [0.2, 0.25) is 0 Å². The fraction of sp³-hybridized carbons (Fsp3) is 0.846. The predicted molar refractivity (Wildman–Crippen MR) is 66.4 cm³/mol. The van der Waals surface area contributed by atoms with Gasteiger partial charge < -0.3 is 0 Å². The molecule has 0 radical (unpaired) electrons. The molecular formula is C13H26N2. The summed E-state index contributed by atoms with van der Waals surface area (Å²) in [5, 5.41) is 0. The molecule has 1 atom stereocenters. The first-order valence-electron chi connectivity index (χ1n) is 6.44. The third-order valence-corrected chi connectivity index (χ3v) is 3.55. The van der Waals surface area contributed by atoms with Crippen LogP contribution in [0.5, 0.6) is 0 Å². The van der Waals surface area contributed by atoms with Gasteiger partial charge in [0.05, 0.1) is 0 Å². The van der Waals surface area contributed by atoms with E-state index in [2.05, 4.69) is 12.0 Å². The number of hydrogen-bond acceptors (Lipinski definition) is 2. The zero-order valence-electron chi connectivity index (χ0n) is 9.88. The zero-order chi connectivity index (χ0) is 10.9. The van der Waals surface area contributed by atoms with E-state index < -0.39 is 0 Å². The van der Waals surface area contributed by atoms with Crippen molar-refractivity contribution in [2.75, 3.05) is 0 Å². The molecule has 3 N–H and O–H groups in total. The van der Waals surface area contributed by atoms with Crippen LogP contribution in [0.1, 0.15) is 57.8 Å². The van der Waals surface area contributed by atoms with Crippen LogP contribution >= 0.6 is 0 Å². The maximum absolute atomic E-state index is 5.59. The van der Waals surface area contributed by atoms with Gasteiger partial charge in [-0.1, -0.05) is 44.6 Å². The standard InChI is InChI=1S/C13H26N2/c1-2-3-10-13(15-14)11-12-8-6-4-5-7-9-12/h2,12-13,15H,1,3-11,14H2. The Bertz CT molecular complexity index is 160. The van der Waals surface area contributed by atoms with Crippen LogP contribution in [-0.2, 0) is 0 Å². The van der Waals surface area contributed by atoms with Crippen LogP contribution in [0.15, 0.2) is 12.7 Å². The molecule has 0 heterocycles. The van der Waals surface area contributed by atoms with Crippen molar-refractivity contribution < 1.29 is 0 Å². The zero-order valence-corrected chi connectivity index (χ0v) is 9.88. The lowest BCUT2D eigenvalue weighted by Crippen LogP contribution is -2.36. The number of hydrogen-bond donors (Lipinski definition) is 2. The summed E-state index contributed by atoms with van der Waals surface area (Å²) in [6, 6.07) is 0.492. The van der Waals surface area contributed by atoms with E-state index in [0.29, 0.717) is 6.04 Å². The molecule has 15 heavy (non-hydrogen) atoms. The molecule has 2 heteroatoms. The summed E-state index contributed by atoms with van der Waals surface area (Å²) < 4.78 is 0. The van der Waals surface area contributed by atoms with Gasteiger partial charge in [-0.2, -0.15) is 0 Å². The molecule has 0 amide bonds. The Balaban J connectivity index is 2.25. The second-order valence-corrected chi connectivity index (χ2v) is 4.82. The number of allylic oxidation sites excluding steroid dienone is 1. The average Bonchev–Trinajstić information content (AvgIpc) is 2.52. The van der Waals surface area contributed by atoms with E-state index in [0.717, 1.165) is 18.8 Å². The summed E-state index contributed by atoms with van der Waals surface area (Å²) in [5.74, 6) is 6.49. The van der Waals surface area contributed by atoms with Crippen molar-refractivity contribution in [1.82, 2.24) is 5.43 Å². The summed E-state index contributed by atoms with van der Waals surface area (Å²) in [7, 11) is 0. The van der Waals surface area contributed by atoms with E-state index in [4.69, 9.17) is 5.84 Å². The Morgan fingerprint density at radius 3 is 2.47 bits per heavy atom. The lowest BCUT2D eigenvalue weighted by molar-refractivity contribution is 0.343. The third kappa shape index (κ3) is 5.33. The molecule has 0 saturated heterocycles. The Hall–Kier alpha value is -0.340. The normalized spacial score (nSPS) is 20.9. The van der Waals surface area contributed by atoms with Crippen LogP contribution in [0.4, 0.5) is 0 Å². The molecule has 1 aliphatic carbocycles. The van der Waals surface area contributed by atoms with Gasteiger partial charge >= 0.3 is 0 Å². The van der Waals surface area contributed by atoms with Crippen molar-refractivity contribution in [1.29, 1.82) is 0 Å². The largest absolute Gasteiger partial charge is 0.271 e. The highest BCUT2D eigenvalue weighted by molar-refractivity contribution is 4.76. The third-order valence-electron chi connectivity index (χ3n) is 3.55. The molecule has 0 bridgehead atoms.